The smallest absolute Gasteiger partial charge is 0.259 e. The minimum atomic E-state index is -0.261. The van der Waals surface area contributed by atoms with E-state index in [2.05, 4.69) is 5.32 Å². The van der Waals surface area contributed by atoms with E-state index in [0.29, 0.717) is 29.5 Å². The van der Waals surface area contributed by atoms with E-state index in [1.165, 1.54) is 0 Å². The summed E-state index contributed by atoms with van der Waals surface area (Å²) in [5.41, 5.74) is 8.81. The Morgan fingerprint density at radius 2 is 2.00 bits per heavy atom. The number of rotatable bonds is 7. The van der Waals surface area contributed by atoms with Crippen molar-refractivity contribution in [3.63, 3.8) is 0 Å². The number of amides is 1. The molecule has 0 radical (unpaired) electrons. The quantitative estimate of drug-likeness (QED) is 0.685. The maximum Gasteiger partial charge on any atom is 0.259 e. The molecule has 0 aliphatic carbocycles. The summed E-state index contributed by atoms with van der Waals surface area (Å²) in [6.07, 6.45) is 4.73. The Kier molecular flexibility index (Phi) is 9.86. The monoisotopic (exact) mass is 388 g/mol. The Morgan fingerprint density at radius 3 is 2.63 bits per heavy atom. The molecule has 0 spiro atoms. The van der Waals surface area contributed by atoms with Crippen molar-refractivity contribution in [3.05, 3.63) is 64.2 Å². The fourth-order valence-electron chi connectivity index (χ4n) is 2.39. The lowest BCUT2D eigenvalue weighted by molar-refractivity contribution is -0.0980. The van der Waals surface area contributed by atoms with Crippen LogP contribution in [-0.4, -0.2) is 25.8 Å². The first-order valence-corrected chi connectivity index (χ1v) is 8.89. The molecule has 0 heterocycles. The number of allylic oxidation sites excluding steroid dienone is 1. The molecule has 27 heavy (non-hydrogen) atoms. The molecule has 0 aliphatic heterocycles. The van der Waals surface area contributed by atoms with Crippen LogP contribution in [-0.2, 0) is 4.79 Å². The molecule has 0 unspecified atom stereocenters. The normalized spacial score (nSPS) is 10.2. The van der Waals surface area contributed by atoms with E-state index in [9.17, 15) is 4.79 Å². The van der Waals surface area contributed by atoms with Gasteiger partial charge in [0.05, 0.1) is 12.2 Å². The van der Waals surface area contributed by atoms with Crippen LogP contribution in [0.25, 0.3) is 6.08 Å². The Hall–Kier alpha value is -2.63. The maximum absolute atomic E-state index is 12.7. The average molecular weight is 389 g/mol. The van der Waals surface area contributed by atoms with Crippen molar-refractivity contribution >= 4 is 36.1 Å². The predicted octanol–water partition coefficient (Wildman–Crippen LogP) is 4.48. The Balaban J connectivity index is 0.00000176. The van der Waals surface area contributed by atoms with Crippen LogP contribution in [0.4, 0.5) is 5.69 Å². The second-order valence-electron chi connectivity index (χ2n) is 5.66. The number of anilines is 1. The molecule has 0 atom stereocenters. The van der Waals surface area contributed by atoms with Gasteiger partial charge in [0.25, 0.3) is 5.91 Å². The van der Waals surface area contributed by atoms with Gasteiger partial charge in [0.1, 0.15) is 12.5 Å². The van der Waals surface area contributed by atoms with Gasteiger partial charge in [0.15, 0.2) is 0 Å². The van der Waals surface area contributed by atoms with Crippen LogP contribution in [0.1, 0.15) is 34.8 Å². The predicted molar refractivity (Wildman–Crippen MR) is 112 cm³/mol. The van der Waals surface area contributed by atoms with Gasteiger partial charge in [-0.3, -0.25) is 4.79 Å². The van der Waals surface area contributed by atoms with Crippen molar-refractivity contribution in [1.82, 2.24) is 0 Å². The highest BCUT2D eigenvalue weighted by Gasteiger charge is 2.14. The van der Waals surface area contributed by atoms with E-state index in [1.54, 1.807) is 18.2 Å². The van der Waals surface area contributed by atoms with Crippen LogP contribution in [0.15, 0.2) is 42.5 Å². The van der Waals surface area contributed by atoms with Gasteiger partial charge in [-0.1, -0.05) is 29.8 Å². The van der Waals surface area contributed by atoms with Crippen molar-refractivity contribution in [3.8, 4) is 5.75 Å². The number of ether oxygens (including phenoxy) is 1. The molecule has 1 amide bonds. The van der Waals surface area contributed by atoms with Gasteiger partial charge >= 0.3 is 0 Å². The first-order valence-electron chi connectivity index (χ1n) is 8.51. The summed E-state index contributed by atoms with van der Waals surface area (Å²) in [6, 6.07) is 10.8. The molecule has 0 saturated carbocycles. The molecule has 0 bridgehead atoms. The van der Waals surface area contributed by atoms with Gasteiger partial charge in [-0.25, -0.2) is 0 Å². The van der Waals surface area contributed by atoms with Crippen molar-refractivity contribution in [2.45, 2.75) is 20.3 Å². The fourth-order valence-corrected chi connectivity index (χ4v) is 2.56. The second-order valence-corrected chi connectivity index (χ2v) is 6.09. The molecule has 0 fully saturated rings. The maximum atomic E-state index is 12.7. The number of hydrogen-bond acceptors (Lipinski definition) is 4. The number of benzene rings is 2. The number of carbonyl (C=O) groups is 2. The molecule has 5 nitrogen and oxygen atoms in total. The van der Waals surface area contributed by atoms with Crippen LogP contribution < -0.4 is 15.8 Å². The molecular formula is C21H25ClN2O3. The van der Waals surface area contributed by atoms with Gasteiger partial charge in [0, 0.05) is 10.7 Å². The van der Waals surface area contributed by atoms with Crippen molar-refractivity contribution < 1.29 is 14.3 Å². The summed E-state index contributed by atoms with van der Waals surface area (Å²) in [4.78, 5) is 20.7. The lowest BCUT2D eigenvalue weighted by atomic mass is 10.1. The first kappa shape index (κ1) is 22.4. The summed E-state index contributed by atoms with van der Waals surface area (Å²) >= 11 is 6.04. The van der Waals surface area contributed by atoms with Gasteiger partial charge in [-0.15, -0.1) is 0 Å². The molecule has 2 aromatic rings. The third-order valence-corrected chi connectivity index (χ3v) is 3.90. The summed E-state index contributed by atoms with van der Waals surface area (Å²) in [7, 11) is 0. The summed E-state index contributed by atoms with van der Waals surface area (Å²) in [5.74, 6) is 0.237. The Morgan fingerprint density at radius 1 is 1.26 bits per heavy atom. The van der Waals surface area contributed by atoms with Crippen LogP contribution in [0.2, 0.25) is 5.02 Å². The molecule has 0 aliphatic rings. The van der Waals surface area contributed by atoms with Gasteiger partial charge in [-0.2, -0.15) is 0 Å². The Labute approximate surface area is 165 Å². The highest BCUT2D eigenvalue weighted by Crippen LogP contribution is 2.25. The number of hydrogen-bond donors (Lipinski definition) is 2. The summed E-state index contributed by atoms with van der Waals surface area (Å²) in [5, 5.41) is 3.38. The van der Waals surface area contributed by atoms with Crippen molar-refractivity contribution in [1.29, 1.82) is 0 Å². The largest absolute Gasteiger partial charge is 0.493 e. The molecule has 0 aromatic heterocycles. The first-order chi connectivity index (χ1) is 13.0. The number of halogens is 1. The lowest BCUT2D eigenvalue weighted by Gasteiger charge is -2.13. The number of nitrogens with two attached hydrogens (primary N) is 1. The van der Waals surface area contributed by atoms with Gasteiger partial charge < -0.3 is 20.6 Å². The van der Waals surface area contributed by atoms with E-state index in [0.717, 1.165) is 23.2 Å². The van der Waals surface area contributed by atoms with E-state index in [4.69, 9.17) is 26.9 Å². The molecule has 2 aromatic carbocycles. The third kappa shape index (κ3) is 6.89. The van der Waals surface area contributed by atoms with E-state index in [1.807, 2.05) is 51.0 Å². The minimum Gasteiger partial charge on any atom is -0.493 e. The molecule has 3 N–H and O–H groups in total. The standard InChI is InChI=1S/C20H23ClN2O2.CH2O/c1-3-5-15-6-8-17(12-14(15)2)23-20(24)18-13-16(21)7-9-19(18)25-11-4-10-22;1-2/h3,5-9,12-13H,4,10-11,22H2,1-2H3,(H,23,24);1H2/b5-3-;. The SMILES string of the molecule is C/C=C\c1ccc(NC(=O)c2cc(Cl)ccc2OCCCN)cc1C.C=O. The second kappa shape index (κ2) is 11.9. The summed E-state index contributed by atoms with van der Waals surface area (Å²) in [6.45, 7) is 6.97. The number of carbonyl (C=O) groups excluding carboxylic acids is 2. The highest BCUT2D eigenvalue weighted by molar-refractivity contribution is 6.31. The topological polar surface area (TPSA) is 81.4 Å². The zero-order valence-corrected chi connectivity index (χ0v) is 16.4. The Bertz CT molecular complexity index is 791. The lowest BCUT2D eigenvalue weighted by Crippen LogP contribution is -2.15. The summed E-state index contributed by atoms with van der Waals surface area (Å²) < 4.78 is 5.66. The van der Waals surface area contributed by atoms with Crippen LogP contribution >= 0.6 is 11.6 Å². The van der Waals surface area contributed by atoms with E-state index >= 15 is 0 Å². The molecule has 0 saturated heterocycles. The molecule has 144 valence electrons. The highest BCUT2D eigenvalue weighted by atomic mass is 35.5. The van der Waals surface area contributed by atoms with Crippen molar-refractivity contribution in [2.24, 2.45) is 5.73 Å². The minimum absolute atomic E-state index is 0.261. The molecular weight excluding hydrogens is 364 g/mol. The van der Waals surface area contributed by atoms with Crippen LogP contribution in [0.5, 0.6) is 5.75 Å². The van der Waals surface area contributed by atoms with E-state index in [-0.39, 0.29) is 5.91 Å². The van der Waals surface area contributed by atoms with Crippen molar-refractivity contribution in [2.75, 3.05) is 18.5 Å². The third-order valence-electron chi connectivity index (χ3n) is 3.67. The van der Waals surface area contributed by atoms with Crippen LogP contribution in [0, 0.1) is 6.92 Å². The number of aryl methyl sites for hydroxylation is 1. The molecule has 6 heteroatoms. The van der Waals surface area contributed by atoms with Gasteiger partial charge in [0.2, 0.25) is 0 Å². The molecule has 2 rings (SSSR count). The zero-order chi connectivity index (χ0) is 20.2. The average Bonchev–Trinajstić information content (AvgIpc) is 2.67. The fraction of sp³-hybridized carbons (Fsp3) is 0.238. The zero-order valence-electron chi connectivity index (χ0n) is 15.6. The van der Waals surface area contributed by atoms with E-state index < -0.39 is 0 Å². The van der Waals surface area contributed by atoms with Gasteiger partial charge in [-0.05, 0) is 68.3 Å². The van der Waals surface area contributed by atoms with Crippen LogP contribution in [0.3, 0.4) is 0 Å². The number of nitrogens with one attached hydrogen (secondary N) is 1.